The first kappa shape index (κ1) is 22.4. The molecule has 166 valence electrons. The van der Waals surface area contributed by atoms with Crippen LogP contribution in [0.15, 0.2) is 71.0 Å². The Labute approximate surface area is 196 Å². The Morgan fingerprint density at radius 2 is 2.06 bits per heavy atom. The molecular weight excluding hydrogens is 434 g/mol. The Kier molecular flexibility index (Phi) is 6.91. The maximum absolute atomic E-state index is 12.4. The third-order valence-corrected chi connectivity index (χ3v) is 5.88. The number of aromatic amines is 1. The van der Waals surface area contributed by atoms with Crippen molar-refractivity contribution in [2.45, 2.75) is 24.9 Å². The van der Waals surface area contributed by atoms with Crippen LogP contribution in [0.25, 0.3) is 4.85 Å². The first-order chi connectivity index (χ1) is 16.0. The van der Waals surface area contributed by atoms with Crippen LogP contribution in [0, 0.1) is 13.5 Å². The van der Waals surface area contributed by atoms with E-state index in [0.717, 1.165) is 28.9 Å². The predicted molar refractivity (Wildman–Crippen MR) is 129 cm³/mol. The lowest BCUT2D eigenvalue weighted by Crippen LogP contribution is -2.14. The molecule has 0 atom stereocenters. The van der Waals surface area contributed by atoms with Crippen LogP contribution in [-0.4, -0.2) is 25.5 Å². The Morgan fingerprint density at radius 1 is 1.18 bits per heavy atom. The van der Waals surface area contributed by atoms with Crippen molar-refractivity contribution in [1.29, 1.82) is 0 Å². The number of aryl methyl sites for hydroxylation is 3. The summed E-state index contributed by atoms with van der Waals surface area (Å²) in [5.74, 6) is 1.98. The molecule has 0 unspecified atom stereocenters. The average Bonchev–Trinajstić information content (AvgIpc) is 3.21. The second kappa shape index (κ2) is 10.2. The number of thioether (sulfide) groups is 1. The van der Waals surface area contributed by atoms with E-state index in [1.165, 1.54) is 11.8 Å². The van der Waals surface area contributed by atoms with Crippen molar-refractivity contribution in [2.24, 2.45) is 7.05 Å². The molecule has 2 heterocycles. The lowest BCUT2D eigenvalue weighted by Gasteiger charge is -2.10. The molecule has 0 radical (unpaired) electrons. The summed E-state index contributed by atoms with van der Waals surface area (Å²) in [7, 11) is 1.84. The lowest BCUT2D eigenvalue weighted by atomic mass is 10.1. The molecule has 0 fully saturated rings. The van der Waals surface area contributed by atoms with E-state index >= 15 is 0 Å². The van der Waals surface area contributed by atoms with Crippen LogP contribution in [0.1, 0.15) is 22.3 Å². The minimum Gasteiger partial charge on any atom is -0.468 e. The van der Waals surface area contributed by atoms with E-state index < -0.39 is 0 Å². The average molecular weight is 458 g/mol. The maximum Gasteiger partial charge on any atom is 0.255 e. The van der Waals surface area contributed by atoms with Gasteiger partial charge in [0, 0.05) is 37.2 Å². The van der Waals surface area contributed by atoms with Gasteiger partial charge in [-0.15, -0.1) is 0 Å². The van der Waals surface area contributed by atoms with Crippen LogP contribution in [0.3, 0.4) is 0 Å². The minimum atomic E-state index is -0.135. The van der Waals surface area contributed by atoms with Crippen LogP contribution in [0.4, 0.5) is 5.69 Å². The Bertz CT molecular complexity index is 1370. The molecule has 0 aliphatic rings. The van der Waals surface area contributed by atoms with Gasteiger partial charge in [0.1, 0.15) is 11.5 Å². The monoisotopic (exact) mass is 457 g/mol. The highest BCUT2D eigenvalue weighted by Gasteiger charge is 2.09. The zero-order valence-corrected chi connectivity index (χ0v) is 19.2. The van der Waals surface area contributed by atoms with E-state index in [1.807, 2.05) is 62.6 Å². The molecule has 8 heteroatoms. The highest BCUT2D eigenvalue weighted by molar-refractivity contribution is 7.99. The number of nitrogens with zero attached hydrogens (tertiary/aromatic N) is 4. The molecule has 2 aromatic carbocycles. The van der Waals surface area contributed by atoms with E-state index in [2.05, 4.69) is 19.9 Å². The molecule has 0 aliphatic carbocycles. The van der Waals surface area contributed by atoms with Gasteiger partial charge in [-0.05, 0) is 48.7 Å². The molecule has 1 N–H and O–H groups in total. The number of nitrogens with one attached hydrogen (secondary N) is 1. The third kappa shape index (κ3) is 5.90. The number of aromatic nitrogens is 4. The molecule has 33 heavy (non-hydrogen) atoms. The summed E-state index contributed by atoms with van der Waals surface area (Å²) in [4.78, 5) is 23.3. The largest absolute Gasteiger partial charge is 0.468 e. The van der Waals surface area contributed by atoms with Gasteiger partial charge in [-0.25, -0.2) is 9.83 Å². The van der Waals surface area contributed by atoms with E-state index in [1.54, 1.807) is 17.1 Å². The Balaban J connectivity index is 1.36. The molecule has 0 amide bonds. The molecule has 0 aliphatic heterocycles. The summed E-state index contributed by atoms with van der Waals surface area (Å²) in [5, 5.41) is 4.71. The van der Waals surface area contributed by atoms with Crippen molar-refractivity contribution >= 4 is 17.4 Å². The first-order valence-corrected chi connectivity index (χ1v) is 11.4. The molecule has 2 aromatic heterocycles. The van der Waals surface area contributed by atoms with Gasteiger partial charge < -0.3 is 9.72 Å². The van der Waals surface area contributed by atoms with Crippen molar-refractivity contribution in [3.05, 3.63) is 105 Å². The summed E-state index contributed by atoms with van der Waals surface area (Å²) in [6, 6.07) is 13.4. The second-order valence-corrected chi connectivity index (χ2v) is 8.76. The van der Waals surface area contributed by atoms with Gasteiger partial charge in [0.25, 0.3) is 5.56 Å². The smallest absolute Gasteiger partial charge is 0.255 e. The molecular formula is C25H23N5O2S. The van der Waals surface area contributed by atoms with Crippen LogP contribution in [0.2, 0.25) is 0 Å². The number of benzene rings is 2. The van der Waals surface area contributed by atoms with Crippen molar-refractivity contribution in [1.82, 2.24) is 19.7 Å². The van der Waals surface area contributed by atoms with Gasteiger partial charge in [0.15, 0.2) is 5.16 Å². The fourth-order valence-corrected chi connectivity index (χ4v) is 4.17. The zero-order chi connectivity index (χ0) is 23.2. The van der Waals surface area contributed by atoms with Gasteiger partial charge in [0.2, 0.25) is 5.69 Å². The standard InChI is InChI=1S/C25H23N5O2S/c1-17-5-4-6-21(11-17)32-23-8-7-18(13-22(23)26-2)9-10-33-25-27-15-20(24(31)29-25)12-19-14-28-30(3)16-19/h4-8,11,13-16H,9-10,12H2,1,3H3,(H,27,29,31). The van der Waals surface area contributed by atoms with Gasteiger partial charge >= 0.3 is 0 Å². The first-order valence-electron chi connectivity index (χ1n) is 10.4. The van der Waals surface area contributed by atoms with Crippen molar-refractivity contribution in [2.75, 3.05) is 5.75 Å². The van der Waals surface area contributed by atoms with Crippen molar-refractivity contribution in [3.8, 4) is 11.5 Å². The van der Waals surface area contributed by atoms with E-state index in [0.29, 0.717) is 34.3 Å². The summed E-state index contributed by atoms with van der Waals surface area (Å²) < 4.78 is 7.61. The highest BCUT2D eigenvalue weighted by atomic mass is 32.2. The van der Waals surface area contributed by atoms with Gasteiger partial charge in [-0.1, -0.05) is 35.5 Å². The number of ether oxygens (including phenoxy) is 1. The van der Waals surface area contributed by atoms with Crippen LogP contribution < -0.4 is 10.3 Å². The topological polar surface area (TPSA) is 77.2 Å². The summed E-state index contributed by atoms with van der Waals surface area (Å²) in [5.41, 5.74) is 4.05. The molecule has 0 saturated carbocycles. The molecule has 4 rings (SSSR count). The Hall–Kier alpha value is -3.83. The van der Waals surface area contributed by atoms with Crippen LogP contribution in [-0.2, 0) is 19.9 Å². The van der Waals surface area contributed by atoms with E-state index in [-0.39, 0.29) is 5.56 Å². The fourth-order valence-electron chi connectivity index (χ4n) is 3.35. The van der Waals surface area contributed by atoms with Crippen LogP contribution >= 0.6 is 11.8 Å². The fraction of sp³-hybridized carbons (Fsp3) is 0.200. The summed E-state index contributed by atoms with van der Waals surface area (Å²) >= 11 is 1.48. The molecule has 0 bridgehead atoms. The van der Waals surface area contributed by atoms with Gasteiger partial charge in [-0.3, -0.25) is 9.48 Å². The minimum absolute atomic E-state index is 0.135. The molecule has 4 aromatic rings. The van der Waals surface area contributed by atoms with Gasteiger partial charge in [0.05, 0.1) is 12.8 Å². The quantitative estimate of drug-likeness (QED) is 0.227. The van der Waals surface area contributed by atoms with E-state index in [9.17, 15) is 4.79 Å². The predicted octanol–water partition coefficient (Wildman–Crippen LogP) is 5.08. The number of hydrogen-bond donors (Lipinski definition) is 1. The maximum atomic E-state index is 12.4. The van der Waals surface area contributed by atoms with Crippen molar-refractivity contribution in [3.63, 3.8) is 0 Å². The SMILES string of the molecule is [C-]#[N+]c1cc(CCSc2ncc(Cc3cnn(C)c3)c(=O)[nH]2)ccc1Oc1cccc(C)c1. The summed E-state index contributed by atoms with van der Waals surface area (Å²) in [6.07, 6.45) is 6.49. The molecule has 0 spiro atoms. The zero-order valence-electron chi connectivity index (χ0n) is 18.4. The normalized spacial score (nSPS) is 10.7. The van der Waals surface area contributed by atoms with E-state index in [4.69, 9.17) is 11.3 Å². The van der Waals surface area contributed by atoms with Gasteiger partial charge in [-0.2, -0.15) is 5.10 Å². The van der Waals surface area contributed by atoms with Crippen LogP contribution in [0.5, 0.6) is 11.5 Å². The molecule has 7 nitrogen and oxygen atoms in total. The number of H-pyrrole nitrogens is 1. The molecule has 0 saturated heterocycles. The Morgan fingerprint density at radius 3 is 2.79 bits per heavy atom. The third-order valence-electron chi connectivity index (χ3n) is 4.99. The lowest BCUT2D eigenvalue weighted by molar-refractivity contribution is 0.485. The summed E-state index contributed by atoms with van der Waals surface area (Å²) in [6.45, 7) is 9.51. The number of rotatable bonds is 8. The highest BCUT2D eigenvalue weighted by Crippen LogP contribution is 2.33. The number of hydrogen-bond acceptors (Lipinski definition) is 5. The van der Waals surface area contributed by atoms with Crippen molar-refractivity contribution < 1.29 is 4.74 Å². The second-order valence-electron chi connectivity index (χ2n) is 7.67.